The van der Waals surface area contributed by atoms with Gasteiger partial charge >= 0.3 is 5.97 Å². The highest BCUT2D eigenvalue weighted by atomic mass is 79.9. The predicted octanol–water partition coefficient (Wildman–Crippen LogP) is 4.74. The molecule has 1 heterocycles. The number of amides is 1. The largest absolute Gasteiger partial charge is 0.465 e. The van der Waals surface area contributed by atoms with Crippen LogP contribution in [0.15, 0.2) is 50.8 Å². The minimum Gasteiger partial charge on any atom is -0.465 e. The summed E-state index contributed by atoms with van der Waals surface area (Å²) < 4.78 is 5.74. The van der Waals surface area contributed by atoms with E-state index in [2.05, 4.69) is 31.0 Å². The summed E-state index contributed by atoms with van der Waals surface area (Å²) in [7, 11) is 1.34. The van der Waals surface area contributed by atoms with E-state index in [-0.39, 0.29) is 5.91 Å². The van der Waals surface area contributed by atoms with Gasteiger partial charge in [-0.3, -0.25) is 4.79 Å². The molecule has 1 aliphatic rings. The van der Waals surface area contributed by atoms with Gasteiger partial charge in [0.05, 0.1) is 23.3 Å². The van der Waals surface area contributed by atoms with Crippen LogP contribution in [0.4, 0.5) is 5.69 Å². The molecule has 2 aromatic carbocycles. The van der Waals surface area contributed by atoms with E-state index in [1.165, 1.54) is 18.9 Å². The number of carbonyl (C=O) groups is 2. The first-order chi connectivity index (χ1) is 12.9. The summed E-state index contributed by atoms with van der Waals surface area (Å²) in [6.07, 6.45) is 1.77. The molecule has 1 saturated heterocycles. The molecule has 7 heteroatoms. The molecule has 0 bridgehead atoms. The molecular formula is C20H17BrN2O3S. The van der Waals surface area contributed by atoms with Crippen molar-refractivity contribution in [3.8, 4) is 0 Å². The second-order valence-corrected chi connectivity index (χ2v) is 7.81. The lowest BCUT2D eigenvalue weighted by Gasteiger charge is -2.04. The van der Waals surface area contributed by atoms with Crippen LogP contribution in [-0.4, -0.2) is 24.2 Å². The first-order valence-electron chi connectivity index (χ1n) is 8.12. The quantitative estimate of drug-likeness (QED) is 0.547. The Kier molecular flexibility index (Phi) is 5.82. The van der Waals surface area contributed by atoms with Crippen LogP contribution in [0.5, 0.6) is 0 Å². The zero-order chi connectivity index (χ0) is 19.6. The third-order valence-corrected chi connectivity index (χ3v) is 6.09. The van der Waals surface area contributed by atoms with E-state index in [9.17, 15) is 9.59 Å². The van der Waals surface area contributed by atoms with E-state index in [1.54, 1.807) is 30.3 Å². The summed E-state index contributed by atoms with van der Waals surface area (Å²) in [5.41, 5.74) is 4.25. The Morgan fingerprint density at radius 3 is 2.41 bits per heavy atom. The number of halogens is 1. The standard InChI is InChI=1S/C20H17BrN2O3S/c1-11-8-15(9-12(2)17(11)21)22-20-23-18(24)16(27-20)10-13-4-6-14(7-5-13)19(25)26-3/h4-10H,1-3H3,(H,22,23,24)/b16-10-. The summed E-state index contributed by atoms with van der Waals surface area (Å²) in [4.78, 5) is 28.8. The van der Waals surface area contributed by atoms with E-state index in [1.807, 2.05) is 26.0 Å². The Hall–Kier alpha value is -2.38. The van der Waals surface area contributed by atoms with Gasteiger partial charge in [0.25, 0.3) is 5.91 Å². The monoisotopic (exact) mass is 444 g/mol. The minimum absolute atomic E-state index is 0.193. The van der Waals surface area contributed by atoms with Gasteiger partial charge in [-0.25, -0.2) is 9.79 Å². The number of hydrogen-bond acceptors (Lipinski definition) is 5. The molecule has 0 saturated carbocycles. The number of carbonyl (C=O) groups excluding carboxylic acids is 2. The predicted molar refractivity (Wildman–Crippen MR) is 112 cm³/mol. The number of rotatable bonds is 3. The Bertz CT molecular complexity index is 958. The van der Waals surface area contributed by atoms with Crippen molar-refractivity contribution in [3.05, 3.63) is 68.0 Å². The molecule has 0 atom stereocenters. The fourth-order valence-corrected chi connectivity index (χ4v) is 3.64. The van der Waals surface area contributed by atoms with Crippen molar-refractivity contribution in [3.63, 3.8) is 0 Å². The lowest BCUT2D eigenvalue weighted by molar-refractivity contribution is -0.115. The maximum atomic E-state index is 12.2. The number of thioether (sulfide) groups is 1. The van der Waals surface area contributed by atoms with Crippen LogP contribution in [0.2, 0.25) is 0 Å². The maximum Gasteiger partial charge on any atom is 0.337 e. The highest BCUT2D eigenvalue weighted by Crippen LogP contribution is 2.31. The Morgan fingerprint density at radius 2 is 1.81 bits per heavy atom. The van der Waals surface area contributed by atoms with Gasteiger partial charge in [-0.1, -0.05) is 28.1 Å². The van der Waals surface area contributed by atoms with Crippen molar-refractivity contribution >= 4 is 56.5 Å². The average Bonchev–Trinajstić information content (AvgIpc) is 2.98. The number of ether oxygens (including phenoxy) is 1. The molecule has 0 radical (unpaired) electrons. The number of amidine groups is 1. The summed E-state index contributed by atoms with van der Waals surface area (Å²) in [5, 5.41) is 3.33. The molecule has 138 valence electrons. The molecule has 0 spiro atoms. The SMILES string of the molecule is COC(=O)c1ccc(/C=C2\SC(=Nc3cc(C)c(Br)c(C)c3)NC2=O)cc1. The molecule has 0 aliphatic carbocycles. The second kappa shape index (κ2) is 8.10. The smallest absolute Gasteiger partial charge is 0.337 e. The fourth-order valence-electron chi connectivity index (χ4n) is 2.57. The third-order valence-electron chi connectivity index (χ3n) is 3.93. The molecule has 3 rings (SSSR count). The topological polar surface area (TPSA) is 67.8 Å². The van der Waals surface area contributed by atoms with E-state index >= 15 is 0 Å². The number of hydrogen-bond donors (Lipinski definition) is 1. The van der Waals surface area contributed by atoms with Crippen LogP contribution in [0.25, 0.3) is 6.08 Å². The minimum atomic E-state index is -0.392. The van der Waals surface area contributed by atoms with Gasteiger partial charge in [0.2, 0.25) is 0 Å². The summed E-state index contributed by atoms with van der Waals surface area (Å²) in [6, 6.07) is 10.8. The number of aliphatic imine (C=N–C) groups is 1. The number of nitrogens with zero attached hydrogens (tertiary/aromatic N) is 1. The normalized spacial score (nSPS) is 16.7. The second-order valence-electron chi connectivity index (χ2n) is 5.99. The lowest BCUT2D eigenvalue weighted by atomic mass is 10.1. The molecule has 0 unspecified atom stereocenters. The molecule has 1 aliphatic heterocycles. The first-order valence-corrected chi connectivity index (χ1v) is 9.73. The van der Waals surface area contributed by atoms with Crippen LogP contribution < -0.4 is 5.32 Å². The molecule has 1 fully saturated rings. The van der Waals surface area contributed by atoms with Crippen molar-refractivity contribution in [1.82, 2.24) is 5.32 Å². The molecule has 1 N–H and O–H groups in total. The van der Waals surface area contributed by atoms with Gasteiger partial charge in [-0.15, -0.1) is 0 Å². The van der Waals surface area contributed by atoms with Gasteiger partial charge in [-0.2, -0.15) is 0 Å². The average molecular weight is 445 g/mol. The molecule has 27 heavy (non-hydrogen) atoms. The fraction of sp³-hybridized carbons (Fsp3) is 0.150. The van der Waals surface area contributed by atoms with Crippen molar-refractivity contribution in [2.45, 2.75) is 13.8 Å². The van der Waals surface area contributed by atoms with Crippen LogP contribution in [0, 0.1) is 13.8 Å². The number of aryl methyl sites for hydroxylation is 2. The summed E-state index contributed by atoms with van der Waals surface area (Å²) in [5.74, 6) is -0.585. The Labute approximate surface area is 170 Å². The van der Waals surface area contributed by atoms with E-state index in [4.69, 9.17) is 0 Å². The van der Waals surface area contributed by atoms with Gasteiger partial charge in [0, 0.05) is 4.47 Å². The molecule has 0 aromatic heterocycles. The van der Waals surface area contributed by atoms with E-state index < -0.39 is 5.97 Å². The number of benzene rings is 2. The van der Waals surface area contributed by atoms with Crippen LogP contribution in [-0.2, 0) is 9.53 Å². The Balaban J connectivity index is 1.81. The van der Waals surface area contributed by atoms with Gasteiger partial charge in [-0.05, 0) is 72.6 Å². The lowest BCUT2D eigenvalue weighted by Crippen LogP contribution is -2.19. The van der Waals surface area contributed by atoms with E-state index in [0.717, 1.165) is 26.9 Å². The van der Waals surface area contributed by atoms with Crippen LogP contribution in [0.1, 0.15) is 27.0 Å². The number of methoxy groups -OCH3 is 1. The summed E-state index contributed by atoms with van der Waals surface area (Å²) >= 11 is 4.83. The molecule has 5 nitrogen and oxygen atoms in total. The van der Waals surface area contributed by atoms with Crippen molar-refractivity contribution in [1.29, 1.82) is 0 Å². The number of nitrogens with one attached hydrogen (secondary N) is 1. The number of esters is 1. The zero-order valence-corrected chi connectivity index (χ0v) is 17.4. The molecular weight excluding hydrogens is 428 g/mol. The van der Waals surface area contributed by atoms with Gasteiger partial charge < -0.3 is 10.1 Å². The van der Waals surface area contributed by atoms with E-state index in [0.29, 0.717) is 15.6 Å². The first kappa shape index (κ1) is 19.4. The molecule has 1 amide bonds. The highest BCUT2D eigenvalue weighted by molar-refractivity contribution is 9.10. The molecule has 2 aromatic rings. The summed E-state index contributed by atoms with van der Waals surface area (Å²) in [6.45, 7) is 4.01. The maximum absolute atomic E-state index is 12.2. The van der Waals surface area contributed by atoms with Crippen LogP contribution in [0.3, 0.4) is 0 Å². The Morgan fingerprint density at radius 1 is 1.19 bits per heavy atom. The third kappa shape index (κ3) is 4.48. The van der Waals surface area contributed by atoms with Gasteiger partial charge in [0.15, 0.2) is 5.17 Å². The van der Waals surface area contributed by atoms with Crippen molar-refractivity contribution in [2.24, 2.45) is 4.99 Å². The van der Waals surface area contributed by atoms with Gasteiger partial charge in [0.1, 0.15) is 0 Å². The van der Waals surface area contributed by atoms with Crippen molar-refractivity contribution < 1.29 is 14.3 Å². The van der Waals surface area contributed by atoms with Crippen LogP contribution >= 0.6 is 27.7 Å². The van der Waals surface area contributed by atoms with Crippen molar-refractivity contribution in [2.75, 3.05) is 7.11 Å². The zero-order valence-electron chi connectivity index (χ0n) is 15.0. The highest BCUT2D eigenvalue weighted by Gasteiger charge is 2.24.